The molecule has 0 saturated heterocycles. The number of nitrogens with zero attached hydrogens (tertiary/aromatic N) is 2. The molecule has 2 rings (SSSR count). The SMILES string of the molecule is CCc1nn(C)cc1CNC(=O)c1ccc(O)c(O)c1. The Hall–Kier alpha value is -2.50. The standard InChI is InChI=1S/C14H17N3O3/c1-3-11-10(8-17(2)16-11)7-15-14(20)9-4-5-12(18)13(19)6-9/h4-6,8,18-19H,3,7H2,1-2H3,(H,15,20). The summed E-state index contributed by atoms with van der Waals surface area (Å²) in [5, 5.41) is 25.7. The number of phenolic OH excluding ortho intramolecular Hbond substituents is 2. The van der Waals surface area contributed by atoms with Crippen LogP contribution in [0.4, 0.5) is 0 Å². The molecule has 6 nitrogen and oxygen atoms in total. The lowest BCUT2D eigenvalue weighted by molar-refractivity contribution is 0.0950. The van der Waals surface area contributed by atoms with Gasteiger partial charge in [0.15, 0.2) is 11.5 Å². The molecule has 1 heterocycles. The first-order valence-corrected chi connectivity index (χ1v) is 6.32. The van der Waals surface area contributed by atoms with Gasteiger partial charge in [-0.15, -0.1) is 0 Å². The Bertz CT molecular complexity index is 635. The van der Waals surface area contributed by atoms with Crippen LogP contribution in [-0.4, -0.2) is 25.9 Å². The monoisotopic (exact) mass is 275 g/mol. The zero-order valence-corrected chi connectivity index (χ0v) is 11.4. The molecule has 1 aromatic heterocycles. The number of nitrogens with one attached hydrogen (secondary N) is 1. The number of carbonyl (C=O) groups excluding carboxylic acids is 1. The zero-order chi connectivity index (χ0) is 14.7. The molecule has 0 aliphatic carbocycles. The lowest BCUT2D eigenvalue weighted by atomic mass is 10.1. The normalized spacial score (nSPS) is 10.5. The van der Waals surface area contributed by atoms with E-state index in [4.69, 9.17) is 0 Å². The number of carbonyl (C=O) groups is 1. The highest BCUT2D eigenvalue weighted by atomic mass is 16.3. The average Bonchev–Trinajstić information content (AvgIpc) is 2.79. The molecular weight excluding hydrogens is 258 g/mol. The van der Waals surface area contributed by atoms with Gasteiger partial charge in [-0.2, -0.15) is 5.10 Å². The van der Waals surface area contributed by atoms with Crippen molar-refractivity contribution in [1.82, 2.24) is 15.1 Å². The fourth-order valence-corrected chi connectivity index (χ4v) is 1.97. The van der Waals surface area contributed by atoms with E-state index < -0.39 is 0 Å². The van der Waals surface area contributed by atoms with Gasteiger partial charge in [0.1, 0.15) is 0 Å². The third-order valence-electron chi connectivity index (χ3n) is 3.00. The summed E-state index contributed by atoms with van der Waals surface area (Å²) in [4.78, 5) is 12.0. The predicted octanol–water partition coefficient (Wildman–Crippen LogP) is 1.32. The minimum Gasteiger partial charge on any atom is -0.504 e. The number of benzene rings is 1. The van der Waals surface area contributed by atoms with Crippen molar-refractivity contribution < 1.29 is 15.0 Å². The van der Waals surface area contributed by atoms with Crippen LogP contribution < -0.4 is 5.32 Å². The highest BCUT2D eigenvalue weighted by molar-refractivity contribution is 5.94. The van der Waals surface area contributed by atoms with Crippen LogP contribution in [-0.2, 0) is 20.0 Å². The van der Waals surface area contributed by atoms with Crippen LogP contribution >= 0.6 is 0 Å². The molecule has 0 saturated carbocycles. The lowest BCUT2D eigenvalue weighted by Gasteiger charge is -2.06. The van der Waals surface area contributed by atoms with Gasteiger partial charge in [0.25, 0.3) is 5.91 Å². The summed E-state index contributed by atoms with van der Waals surface area (Å²) in [6, 6.07) is 3.97. The van der Waals surface area contributed by atoms with Crippen LogP contribution in [0.25, 0.3) is 0 Å². The highest BCUT2D eigenvalue weighted by Gasteiger charge is 2.11. The minimum absolute atomic E-state index is 0.248. The van der Waals surface area contributed by atoms with Crippen molar-refractivity contribution in [2.24, 2.45) is 7.05 Å². The smallest absolute Gasteiger partial charge is 0.251 e. The molecule has 0 radical (unpaired) electrons. The highest BCUT2D eigenvalue weighted by Crippen LogP contribution is 2.24. The topological polar surface area (TPSA) is 87.4 Å². The number of aromatic nitrogens is 2. The maximum Gasteiger partial charge on any atom is 0.251 e. The third-order valence-corrected chi connectivity index (χ3v) is 3.00. The van der Waals surface area contributed by atoms with Crippen molar-refractivity contribution in [2.45, 2.75) is 19.9 Å². The van der Waals surface area contributed by atoms with E-state index in [0.717, 1.165) is 17.7 Å². The number of hydrogen-bond donors (Lipinski definition) is 3. The predicted molar refractivity (Wildman–Crippen MR) is 73.5 cm³/mol. The summed E-state index contributed by atoms with van der Waals surface area (Å²) in [6.07, 6.45) is 2.67. The van der Waals surface area contributed by atoms with E-state index in [-0.39, 0.29) is 17.4 Å². The van der Waals surface area contributed by atoms with Crippen molar-refractivity contribution in [3.8, 4) is 11.5 Å². The van der Waals surface area contributed by atoms with Crippen molar-refractivity contribution in [3.63, 3.8) is 0 Å². The molecule has 0 unspecified atom stereocenters. The third kappa shape index (κ3) is 2.90. The van der Waals surface area contributed by atoms with Crippen molar-refractivity contribution in [3.05, 3.63) is 41.2 Å². The molecule has 1 aromatic carbocycles. The largest absolute Gasteiger partial charge is 0.504 e. The summed E-state index contributed by atoms with van der Waals surface area (Å²) in [5.41, 5.74) is 2.20. The van der Waals surface area contributed by atoms with Crippen molar-refractivity contribution in [1.29, 1.82) is 0 Å². The second-order valence-corrected chi connectivity index (χ2v) is 4.51. The van der Waals surface area contributed by atoms with E-state index in [9.17, 15) is 15.0 Å². The summed E-state index contributed by atoms with van der Waals surface area (Å²) >= 11 is 0. The fraction of sp³-hybridized carbons (Fsp3) is 0.286. The van der Waals surface area contributed by atoms with Crippen LogP contribution in [0.2, 0.25) is 0 Å². The van der Waals surface area contributed by atoms with Gasteiger partial charge in [0.2, 0.25) is 0 Å². The van der Waals surface area contributed by atoms with Gasteiger partial charge in [-0.1, -0.05) is 6.92 Å². The van der Waals surface area contributed by atoms with Gasteiger partial charge >= 0.3 is 0 Å². The molecule has 0 spiro atoms. The molecule has 106 valence electrons. The van der Waals surface area contributed by atoms with Crippen molar-refractivity contribution >= 4 is 5.91 Å². The Morgan fingerprint density at radius 2 is 2.10 bits per heavy atom. The van der Waals surface area contributed by atoms with Gasteiger partial charge in [-0.25, -0.2) is 0 Å². The number of phenols is 2. The molecule has 1 amide bonds. The second-order valence-electron chi connectivity index (χ2n) is 4.51. The molecule has 0 aliphatic rings. The van der Waals surface area contributed by atoms with Gasteiger partial charge in [-0.05, 0) is 24.6 Å². The summed E-state index contributed by atoms with van der Waals surface area (Å²) < 4.78 is 1.71. The van der Waals surface area contributed by atoms with Gasteiger partial charge in [0, 0.05) is 30.9 Å². The quantitative estimate of drug-likeness (QED) is 0.734. The fourth-order valence-electron chi connectivity index (χ4n) is 1.97. The molecular formula is C14H17N3O3. The van der Waals surface area contributed by atoms with Crippen LogP contribution in [0.1, 0.15) is 28.5 Å². The number of rotatable bonds is 4. The maximum atomic E-state index is 12.0. The Balaban J connectivity index is 2.06. The van der Waals surface area contributed by atoms with Crippen LogP contribution in [0, 0.1) is 0 Å². The molecule has 0 fully saturated rings. The van der Waals surface area contributed by atoms with E-state index in [0.29, 0.717) is 12.1 Å². The lowest BCUT2D eigenvalue weighted by Crippen LogP contribution is -2.23. The zero-order valence-electron chi connectivity index (χ0n) is 11.4. The minimum atomic E-state index is -0.314. The first-order chi connectivity index (χ1) is 9.51. The number of aromatic hydroxyl groups is 2. The molecule has 0 aliphatic heterocycles. The van der Waals surface area contributed by atoms with E-state index in [2.05, 4.69) is 10.4 Å². The van der Waals surface area contributed by atoms with Crippen molar-refractivity contribution in [2.75, 3.05) is 0 Å². The molecule has 2 aromatic rings. The molecule has 0 bridgehead atoms. The van der Waals surface area contributed by atoms with Crippen LogP contribution in [0.5, 0.6) is 11.5 Å². The molecule has 6 heteroatoms. The molecule has 0 atom stereocenters. The summed E-state index contributed by atoms with van der Waals surface area (Å²) in [6.45, 7) is 2.38. The molecule has 3 N–H and O–H groups in total. The number of amides is 1. The summed E-state index contributed by atoms with van der Waals surface area (Å²) in [5.74, 6) is -0.874. The van der Waals surface area contributed by atoms with Gasteiger partial charge in [-0.3, -0.25) is 9.48 Å². The van der Waals surface area contributed by atoms with Gasteiger partial charge < -0.3 is 15.5 Å². The first-order valence-electron chi connectivity index (χ1n) is 6.32. The van der Waals surface area contributed by atoms with E-state index in [1.807, 2.05) is 20.2 Å². The van der Waals surface area contributed by atoms with Gasteiger partial charge in [0.05, 0.1) is 5.69 Å². The second kappa shape index (κ2) is 5.64. The first kappa shape index (κ1) is 13.9. The van der Waals surface area contributed by atoms with E-state index >= 15 is 0 Å². The number of aryl methyl sites for hydroxylation is 2. The maximum absolute atomic E-state index is 12.0. The average molecular weight is 275 g/mol. The summed E-state index contributed by atoms with van der Waals surface area (Å²) in [7, 11) is 1.84. The molecule has 20 heavy (non-hydrogen) atoms. The Labute approximate surface area is 116 Å². The number of hydrogen-bond acceptors (Lipinski definition) is 4. The van der Waals surface area contributed by atoms with Crippen LogP contribution in [0.15, 0.2) is 24.4 Å². The van der Waals surface area contributed by atoms with E-state index in [1.54, 1.807) is 4.68 Å². The van der Waals surface area contributed by atoms with E-state index in [1.165, 1.54) is 18.2 Å². The Morgan fingerprint density at radius 1 is 1.35 bits per heavy atom. The Kier molecular flexibility index (Phi) is 3.93. The van der Waals surface area contributed by atoms with Crippen LogP contribution in [0.3, 0.4) is 0 Å². The Morgan fingerprint density at radius 3 is 2.75 bits per heavy atom.